The van der Waals surface area contributed by atoms with Gasteiger partial charge in [-0.05, 0) is 24.0 Å². The van der Waals surface area contributed by atoms with Crippen LogP contribution in [0, 0.1) is 5.92 Å². The van der Waals surface area contributed by atoms with Crippen molar-refractivity contribution in [2.24, 2.45) is 11.7 Å². The summed E-state index contributed by atoms with van der Waals surface area (Å²) in [5.41, 5.74) is 8.70. The molecule has 3 rings (SSSR count). The van der Waals surface area contributed by atoms with E-state index in [0.717, 1.165) is 12.3 Å². The molecule has 1 saturated carbocycles. The van der Waals surface area contributed by atoms with E-state index >= 15 is 0 Å². The van der Waals surface area contributed by atoms with E-state index in [9.17, 15) is 0 Å². The van der Waals surface area contributed by atoms with Crippen LogP contribution in [0.15, 0.2) is 30.5 Å². The van der Waals surface area contributed by atoms with E-state index in [1.165, 1.54) is 29.3 Å². The van der Waals surface area contributed by atoms with Gasteiger partial charge in [0.1, 0.15) is 0 Å². The van der Waals surface area contributed by atoms with Gasteiger partial charge in [-0.25, -0.2) is 0 Å². The fraction of sp³-hybridized carbons (Fsp3) is 0.385. The van der Waals surface area contributed by atoms with Crippen LogP contribution in [0.4, 0.5) is 0 Å². The van der Waals surface area contributed by atoms with Crippen LogP contribution in [-0.2, 0) is 0 Å². The maximum atomic E-state index is 6.23. The molecule has 16 heavy (non-hydrogen) atoms. The molecule has 86 valence electrons. The Morgan fingerprint density at radius 2 is 2.06 bits per heavy atom. The Kier molecular flexibility index (Phi) is 3.22. The molecule has 1 aliphatic carbocycles. The van der Waals surface area contributed by atoms with E-state index in [0.29, 0.717) is 0 Å². The summed E-state index contributed by atoms with van der Waals surface area (Å²) in [7, 11) is 0. The highest BCUT2D eigenvalue weighted by atomic mass is 35.5. The van der Waals surface area contributed by atoms with Gasteiger partial charge in [0.05, 0.1) is 0 Å². The van der Waals surface area contributed by atoms with E-state index in [1.54, 1.807) is 0 Å². The van der Waals surface area contributed by atoms with Crippen molar-refractivity contribution in [1.82, 2.24) is 4.98 Å². The number of hydrogen-bond acceptors (Lipinski definition) is 1. The summed E-state index contributed by atoms with van der Waals surface area (Å²) in [6, 6.07) is 8.57. The third-order valence-electron chi connectivity index (χ3n) is 3.30. The predicted molar refractivity (Wildman–Crippen MR) is 69.8 cm³/mol. The summed E-state index contributed by atoms with van der Waals surface area (Å²) in [5, 5.41) is 1.28. The molecule has 0 aliphatic heterocycles. The Labute approximate surface area is 102 Å². The number of nitrogens with two attached hydrogens (primary N) is 1. The molecule has 1 aromatic heterocycles. The molecule has 3 heteroatoms. The third-order valence-corrected chi connectivity index (χ3v) is 3.30. The Balaban J connectivity index is 0.000000963. The molecule has 1 fully saturated rings. The monoisotopic (exact) mass is 236 g/mol. The minimum absolute atomic E-state index is 0. The molecule has 2 aromatic rings. The fourth-order valence-electron chi connectivity index (χ4n) is 2.24. The Hall–Kier alpha value is -0.990. The zero-order chi connectivity index (χ0) is 10.3. The molecule has 2 nitrogen and oxygen atoms in total. The molecule has 0 unspecified atom stereocenters. The highest BCUT2D eigenvalue weighted by Crippen LogP contribution is 2.38. The first-order valence-corrected chi connectivity index (χ1v) is 5.66. The second kappa shape index (κ2) is 4.48. The number of hydrogen-bond donors (Lipinski definition) is 2. The Morgan fingerprint density at radius 3 is 2.81 bits per heavy atom. The second-order valence-corrected chi connectivity index (χ2v) is 4.58. The standard InChI is InChI=1S/C13H16N2.ClH/c14-12(7-9-5-6-9)11-8-15-13-4-2-1-3-10(11)13;/h1-4,8-9,12,15H,5-7,14H2;1H/t12-;/m0./s1. The maximum Gasteiger partial charge on any atom is 0.0457 e. The minimum atomic E-state index is 0. The van der Waals surface area contributed by atoms with Gasteiger partial charge in [-0.2, -0.15) is 0 Å². The summed E-state index contributed by atoms with van der Waals surface area (Å²) in [5.74, 6) is 0.883. The molecule has 0 amide bonds. The number of aromatic amines is 1. The smallest absolute Gasteiger partial charge is 0.0457 e. The van der Waals surface area contributed by atoms with E-state index in [2.05, 4.69) is 35.4 Å². The number of halogens is 1. The molecule has 0 bridgehead atoms. The molecule has 1 atom stereocenters. The van der Waals surface area contributed by atoms with Crippen molar-refractivity contribution in [2.75, 3.05) is 0 Å². The number of fused-ring (bicyclic) bond motifs is 1. The van der Waals surface area contributed by atoms with E-state index in [1.807, 2.05) is 0 Å². The van der Waals surface area contributed by atoms with Crippen LogP contribution in [0.25, 0.3) is 10.9 Å². The quantitative estimate of drug-likeness (QED) is 0.843. The molecule has 1 heterocycles. The van der Waals surface area contributed by atoms with Crippen LogP contribution in [0.2, 0.25) is 0 Å². The summed E-state index contributed by atoms with van der Waals surface area (Å²) in [6.07, 6.45) is 5.95. The molecular formula is C13H17ClN2. The van der Waals surface area contributed by atoms with Gasteiger partial charge in [0, 0.05) is 23.1 Å². The average Bonchev–Trinajstić information content (AvgIpc) is 2.96. The molecule has 1 aliphatic rings. The number of benzene rings is 1. The van der Waals surface area contributed by atoms with Gasteiger partial charge in [0.2, 0.25) is 0 Å². The van der Waals surface area contributed by atoms with Gasteiger partial charge in [0.25, 0.3) is 0 Å². The highest BCUT2D eigenvalue weighted by molar-refractivity contribution is 5.85. The van der Waals surface area contributed by atoms with Gasteiger partial charge in [-0.3, -0.25) is 0 Å². The molecule has 0 radical (unpaired) electrons. The van der Waals surface area contributed by atoms with Crippen LogP contribution in [0.3, 0.4) is 0 Å². The zero-order valence-corrected chi connectivity index (χ0v) is 9.96. The zero-order valence-electron chi connectivity index (χ0n) is 9.15. The molecular weight excluding hydrogens is 220 g/mol. The lowest BCUT2D eigenvalue weighted by atomic mass is 10.0. The first-order valence-electron chi connectivity index (χ1n) is 5.66. The molecule has 3 N–H and O–H groups in total. The summed E-state index contributed by atoms with van der Waals surface area (Å²) >= 11 is 0. The lowest BCUT2D eigenvalue weighted by molar-refractivity contribution is 0.600. The van der Waals surface area contributed by atoms with Crippen molar-refractivity contribution in [3.8, 4) is 0 Å². The van der Waals surface area contributed by atoms with Gasteiger partial charge in [-0.15, -0.1) is 12.4 Å². The maximum absolute atomic E-state index is 6.23. The minimum Gasteiger partial charge on any atom is -0.361 e. The summed E-state index contributed by atoms with van der Waals surface area (Å²) in [4.78, 5) is 3.28. The van der Waals surface area contributed by atoms with Crippen molar-refractivity contribution in [3.63, 3.8) is 0 Å². The average molecular weight is 237 g/mol. The van der Waals surface area contributed by atoms with Crippen molar-refractivity contribution >= 4 is 23.3 Å². The predicted octanol–water partition coefficient (Wildman–Crippen LogP) is 3.39. The molecule has 0 spiro atoms. The van der Waals surface area contributed by atoms with E-state index < -0.39 is 0 Å². The second-order valence-electron chi connectivity index (χ2n) is 4.58. The van der Waals surface area contributed by atoms with Crippen LogP contribution in [0.5, 0.6) is 0 Å². The topological polar surface area (TPSA) is 41.8 Å². The van der Waals surface area contributed by atoms with Gasteiger partial charge in [0.15, 0.2) is 0 Å². The van der Waals surface area contributed by atoms with Crippen LogP contribution < -0.4 is 5.73 Å². The van der Waals surface area contributed by atoms with Gasteiger partial charge >= 0.3 is 0 Å². The number of nitrogens with one attached hydrogen (secondary N) is 1. The van der Waals surface area contributed by atoms with Crippen LogP contribution in [0.1, 0.15) is 30.9 Å². The summed E-state index contributed by atoms with van der Waals surface area (Å²) < 4.78 is 0. The lowest BCUT2D eigenvalue weighted by Crippen LogP contribution is -2.10. The normalized spacial score (nSPS) is 17.1. The lowest BCUT2D eigenvalue weighted by Gasteiger charge is -2.09. The molecule has 1 aromatic carbocycles. The third kappa shape index (κ3) is 2.08. The number of H-pyrrole nitrogens is 1. The Bertz CT molecular complexity index is 473. The summed E-state index contributed by atoms with van der Waals surface area (Å²) in [6.45, 7) is 0. The van der Waals surface area contributed by atoms with E-state index in [-0.39, 0.29) is 18.4 Å². The largest absolute Gasteiger partial charge is 0.361 e. The highest BCUT2D eigenvalue weighted by Gasteiger charge is 2.25. The first-order chi connectivity index (χ1) is 7.34. The number of aromatic nitrogens is 1. The number of rotatable bonds is 3. The van der Waals surface area contributed by atoms with Crippen LogP contribution in [-0.4, -0.2) is 4.98 Å². The van der Waals surface area contributed by atoms with Gasteiger partial charge < -0.3 is 10.7 Å². The van der Waals surface area contributed by atoms with Crippen molar-refractivity contribution in [3.05, 3.63) is 36.0 Å². The van der Waals surface area contributed by atoms with Crippen LogP contribution >= 0.6 is 12.4 Å². The van der Waals surface area contributed by atoms with Crippen molar-refractivity contribution in [2.45, 2.75) is 25.3 Å². The number of para-hydroxylation sites is 1. The van der Waals surface area contributed by atoms with Crippen molar-refractivity contribution < 1.29 is 0 Å². The van der Waals surface area contributed by atoms with Gasteiger partial charge in [-0.1, -0.05) is 31.0 Å². The fourth-order valence-corrected chi connectivity index (χ4v) is 2.24. The molecule has 0 saturated heterocycles. The Morgan fingerprint density at radius 1 is 1.31 bits per heavy atom. The van der Waals surface area contributed by atoms with E-state index in [4.69, 9.17) is 5.73 Å². The SMILES string of the molecule is Cl.N[C@@H](CC1CC1)c1c[nH]c2ccccc12. The first kappa shape index (κ1) is 11.5. The van der Waals surface area contributed by atoms with Crippen molar-refractivity contribution in [1.29, 1.82) is 0 Å².